The summed E-state index contributed by atoms with van der Waals surface area (Å²) in [7, 11) is -1.63. The molecule has 0 bridgehead atoms. The van der Waals surface area contributed by atoms with Crippen molar-refractivity contribution in [3.8, 4) is 11.3 Å². The van der Waals surface area contributed by atoms with Gasteiger partial charge in [0.1, 0.15) is 5.58 Å². The third kappa shape index (κ3) is 5.24. The lowest BCUT2D eigenvalue weighted by Crippen LogP contribution is -2.54. The Kier molecular flexibility index (Phi) is 7.44. The van der Waals surface area contributed by atoms with Crippen molar-refractivity contribution in [2.24, 2.45) is 4.99 Å². The number of rotatable bonds is 3. The first-order valence-corrected chi connectivity index (χ1v) is 21.1. The summed E-state index contributed by atoms with van der Waals surface area (Å²) >= 11 is 0. The van der Waals surface area contributed by atoms with E-state index in [0.29, 0.717) is 17.5 Å². The Morgan fingerprint density at radius 2 is 1.72 bits per heavy atom. The maximum atomic E-state index is 6.34. The van der Waals surface area contributed by atoms with E-state index in [1.165, 1.54) is 54.5 Å². The van der Waals surface area contributed by atoms with Crippen molar-refractivity contribution in [1.82, 2.24) is 4.98 Å². The first-order chi connectivity index (χ1) is 22.7. The molecular formula is C42H46N3OSi+. The second-order valence-electron chi connectivity index (χ2n) is 15.2. The molecule has 4 nitrogen and oxygen atoms in total. The van der Waals surface area contributed by atoms with Crippen LogP contribution in [0.4, 0.5) is 0 Å². The number of aryl methyl sites for hydroxylation is 2. The summed E-state index contributed by atoms with van der Waals surface area (Å²) < 4.78 is 8.99. The predicted octanol–water partition coefficient (Wildman–Crippen LogP) is 10.0. The average molecular weight is 637 g/mol. The van der Waals surface area contributed by atoms with Gasteiger partial charge in [0.25, 0.3) is 0 Å². The van der Waals surface area contributed by atoms with Gasteiger partial charge in [-0.1, -0.05) is 70.3 Å². The second-order valence-corrected chi connectivity index (χ2v) is 20.2. The molecule has 0 spiro atoms. The van der Waals surface area contributed by atoms with E-state index in [1.54, 1.807) is 10.8 Å². The van der Waals surface area contributed by atoms with Crippen LogP contribution in [0.1, 0.15) is 90.8 Å². The van der Waals surface area contributed by atoms with Gasteiger partial charge in [-0.05, 0) is 91.6 Å². The highest BCUT2D eigenvalue weighted by Gasteiger charge is 2.43. The number of fused-ring (bicyclic) bond motifs is 10. The largest absolute Gasteiger partial charge is 0.438 e. The molecule has 8 rings (SSSR count). The Bertz CT molecular complexity index is 2110. The van der Waals surface area contributed by atoms with Crippen molar-refractivity contribution in [2.75, 3.05) is 0 Å². The molecule has 0 radical (unpaired) electrons. The van der Waals surface area contributed by atoms with Crippen LogP contribution in [0.15, 0.2) is 95.1 Å². The van der Waals surface area contributed by atoms with Crippen molar-refractivity contribution in [2.45, 2.75) is 95.8 Å². The molecule has 47 heavy (non-hydrogen) atoms. The van der Waals surface area contributed by atoms with E-state index in [1.807, 2.05) is 13.0 Å². The van der Waals surface area contributed by atoms with Crippen LogP contribution in [0.3, 0.4) is 0 Å². The van der Waals surface area contributed by atoms with Gasteiger partial charge in [-0.15, -0.1) is 0 Å². The molecule has 238 valence electrons. The van der Waals surface area contributed by atoms with E-state index in [4.69, 9.17) is 9.41 Å². The number of hydrogen-bond acceptors (Lipinski definition) is 3. The van der Waals surface area contributed by atoms with Crippen molar-refractivity contribution >= 4 is 41.0 Å². The van der Waals surface area contributed by atoms with Crippen LogP contribution in [-0.2, 0) is 6.42 Å². The van der Waals surface area contributed by atoms with Crippen LogP contribution in [0.25, 0.3) is 33.3 Å². The highest BCUT2D eigenvalue weighted by molar-refractivity contribution is 6.89. The molecule has 1 fully saturated rings. The van der Waals surface area contributed by atoms with Gasteiger partial charge in [0.15, 0.2) is 12.2 Å². The molecule has 5 aromatic rings. The minimum absolute atomic E-state index is 0.237. The monoisotopic (exact) mass is 636 g/mol. The number of pyridine rings is 2. The lowest BCUT2D eigenvalue weighted by Gasteiger charge is -2.34. The zero-order valence-corrected chi connectivity index (χ0v) is 29.4. The summed E-state index contributed by atoms with van der Waals surface area (Å²) in [4.78, 5) is 9.91. The minimum atomic E-state index is -1.63. The van der Waals surface area contributed by atoms with Crippen LogP contribution >= 0.6 is 0 Å². The first kappa shape index (κ1) is 30.3. The van der Waals surface area contributed by atoms with Crippen molar-refractivity contribution < 1.29 is 8.98 Å². The number of hydrogen-bond donors (Lipinski definition) is 0. The zero-order chi connectivity index (χ0) is 32.4. The van der Waals surface area contributed by atoms with Gasteiger partial charge in [-0.25, -0.2) is 4.98 Å². The normalized spacial score (nSPS) is 21.4. The van der Waals surface area contributed by atoms with Gasteiger partial charge in [-0.3, -0.25) is 4.99 Å². The fraction of sp³-hybridized carbons (Fsp3) is 0.357. The maximum absolute atomic E-state index is 6.34. The van der Waals surface area contributed by atoms with E-state index in [0.717, 1.165) is 58.3 Å². The molecule has 3 aromatic heterocycles. The summed E-state index contributed by atoms with van der Waals surface area (Å²) in [5.74, 6) is 1.00. The molecule has 0 saturated heterocycles. The molecule has 1 aliphatic carbocycles. The number of furan rings is 1. The topological polar surface area (TPSA) is 42.3 Å². The molecule has 2 atom stereocenters. The summed E-state index contributed by atoms with van der Waals surface area (Å²) in [5.41, 5.74) is 12.5. The predicted molar refractivity (Wildman–Crippen MR) is 198 cm³/mol. The molecular weight excluding hydrogens is 591 g/mol. The van der Waals surface area contributed by atoms with E-state index >= 15 is 0 Å². The summed E-state index contributed by atoms with van der Waals surface area (Å²) in [6.07, 6.45) is 13.9. The maximum Gasteiger partial charge on any atom is 0.227 e. The zero-order valence-electron chi connectivity index (χ0n) is 28.4. The number of nitrogens with zero attached hydrogens (tertiary/aromatic N) is 3. The lowest BCUT2D eigenvalue weighted by atomic mass is 9.76. The third-order valence-corrected chi connectivity index (χ3v) is 13.1. The highest BCUT2D eigenvalue weighted by Crippen LogP contribution is 2.45. The van der Waals surface area contributed by atoms with Gasteiger partial charge in [-0.2, -0.15) is 4.57 Å². The molecule has 5 heteroatoms. The number of benzene rings is 2. The Labute approximate surface area is 280 Å². The fourth-order valence-corrected chi connectivity index (χ4v) is 10.4. The van der Waals surface area contributed by atoms with Gasteiger partial charge in [0, 0.05) is 50.5 Å². The SMILES string of the molecule is C=C/C1=N/C(=C)CC2C(CCc3cc4oc5nc(C)ccc5c4cc31)c1ccccc1-c1cc(C3CCCCC3)c([Si](C)(C)C)c[n+]12. The van der Waals surface area contributed by atoms with Crippen LogP contribution < -0.4 is 9.75 Å². The number of aromatic nitrogens is 2. The molecule has 2 unspecified atom stereocenters. The van der Waals surface area contributed by atoms with E-state index < -0.39 is 8.07 Å². The Morgan fingerprint density at radius 3 is 2.51 bits per heavy atom. The van der Waals surface area contributed by atoms with Gasteiger partial charge in [0.2, 0.25) is 11.4 Å². The van der Waals surface area contributed by atoms with Crippen LogP contribution in [0.5, 0.6) is 0 Å². The van der Waals surface area contributed by atoms with Crippen molar-refractivity contribution in [1.29, 1.82) is 0 Å². The molecule has 0 N–H and O–H groups in total. The van der Waals surface area contributed by atoms with Gasteiger partial charge >= 0.3 is 0 Å². The van der Waals surface area contributed by atoms with Crippen molar-refractivity contribution in [3.05, 3.63) is 114 Å². The molecule has 5 heterocycles. The molecule has 0 amide bonds. The second kappa shape index (κ2) is 11.6. The van der Waals surface area contributed by atoms with Crippen LogP contribution in [0, 0.1) is 6.92 Å². The third-order valence-electron chi connectivity index (χ3n) is 11.1. The molecule has 2 aliphatic heterocycles. The Balaban J connectivity index is 1.30. The first-order valence-electron chi connectivity index (χ1n) is 17.6. The lowest BCUT2D eigenvalue weighted by molar-refractivity contribution is -0.717. The van der Waals surface area contributed by atoms with E-state index in [2.05, 4.69) is 103 Å². The van der Waals surface area contributed by atoms with E-state index in [9.17, 15) is 0 Å². The van der Waals surface area contributed by atoms with Gasteiger partial charge in [0.05, 0.1) is 20.2 Å². The van der Waals surface area contributed by atoms with Crippen LogP contribution in [-0.4, -0.2) is 18.8 Å². The molecule has 2 aromatic carbocycles. The standard InChI is InChI=1S/C42H46N3OSi/c1-7-37-34-23-36-33-19-17-26(2)44-42(33)46-40(36)22-29(34)18-20-32-30-15-11-12-16-31(30)39-24-35(28-13-9-8-10-14-28)41(47(4,5)6)25-45(39)38(32)21-27(3)43-37/h7,11-12,15-17,19,22-25,28,32,38H,1,3,8-10,13-14,18,20-21H2,2,4-6H3/q+1/b43-37-. The average Bonchev–Trinajstić information content (AvgIpc) is 3.42. The van der Waals surface area contributed by atoms with Gasteiger partial charge < -0.3 is 4.42 Å². The molecule has 1 saturated carbocycles. The quantitative estimate of drug-likeness (QED) is 0.146. The Hall–Kier alpha value is -4.09. The number of allylic oxidation sites excluding steroid dienone is 2. The van der Waals surface area contributed by atoms with Crippen LogP contribution in [0.2, 0.25) is 19.6 Å². The smallest absolute Gasteiger partial charge is 0.227 e. The van der Waals surface area contributed by atoms with E-state index in [-0.39, 0.29) is 6.04 Å². The highest BCUT2D eigenvalue weighted by atomic mass is 28.3. The Morgan fingerprint density at radius 1 is 0.915 bits per heavy atom. The number of aliphatic imine (C=N–C) groups is 1. The fourth-order valence-electron chi connectivity index (χ4n) is 8.76. The van der Waals surface area contributed by atoms with Crippen molar-refractivity contribution in [3.63, 3.8) is 0 Å². The molecule has 3 aliphatic rings. The summed E-state index contributed by atoms with van der Waals surface area (Å²) in [5, 5.41) is 3.74. The summed E-state index contributed by atoms with van der Waals surface area (Å²) in [6.45, 7) is 18.4. The minimum Gasteiger partial charge on any atom is -0.438 e. The summed E-state index contributed by atoms with van der Waals surface area (Å²) in [6, 6.07) is 20.7.